The maximum Gasteiger partial charge on any atom is 0.412 e. The maximum absolute atomic E-state index is 13.8. The molecular formula is C24H33BrF3N3O4. The molecule has 0 aliphatic carbocycles. The molecule has 1 aliphatic heterocycles. The van der Waals surface area contributed by atoms with Gasteiger partial charge in [0, 0.05) is 11.0 Å². The van der Waals surface area contributed by atoms with Crippen LogP contribution in [0.3, 0.4) is 0 Å². The SMILES string of the molecule is CC(C)(C)OC(=O)N[C@H](C(=O)N1CCC[C@H]1C(=O)N[C@H](c1ccc(Br)cc1)C(F)(F)F)C(C)(C)C. The fraction of sp³-hybridized carbons (Fsp3) is 0.625. The molecule has 7 nitrogen and oxygen atoms in total. The normalized spacial score (nSPS) is 18.6. The van der Waals surface area contributed by atoms with E-state index >= 15 is 0 Å². The number of nitrogens with one attached hydrogen (secondary N) is 2. The summed E-state index contributed by atoms with van der Waals surface area (Å²) >= 11 is 3.18. The van der Waals surface area contributed by atoms with E-state index in [-0.39, 0.29) is 18.5 Å². The molecule has 3 amide bonds. The Bertz CT molecular complexity index is 924. The molecular weight excluding hydrogens is 531 g/mol. The minimum absolute atomic E-state index is 0.121. The van der Waals surface area contributed by atoms with Crippen LogP contribution in [0.1, 0.15) is 66.0 Å². The number of carbonyl (C=O) groups is 3. The molecule has 1 aromatic rings. The van der Waals surface area contributed by atoms with Gasteiger partial charge in [-0.15, -0.1) is 0 Å². The van der Waals surface area contributed by atoms with E-state index in [4.69, 9.17) is 4.74 Å². The first-order valence-corrected chi connectivity index (χ1v) is 12.1. The van der Waals surface area contributed by atoms with E-state index in [1.54, 1.807) is 41.5 Å². The molecule has 0 saturated carbocycles. The number of halogens is 4. The molecule has 0 radical (unpaired) electrons. The first-order valence-electron chi connectivity index (χ1n) is 11.3. The fourth-order valence-corrected chi connectivity index (χ4v) is 4.06. The first kappa shape index (κ1) is 28.9. The molecule has 3 atom stereocenters. The Balaban J connectivity index is 2.24. The zero-order valence-electron chi connectivity index (χ0n) is 20.8. The van der Waals surface area contributed by atoms with Crippen molar-refractivity contribution in [1.29, 1.82) is 0 Å². The number of rotatable bonds is 5. The van der Waals surface area contributed by atoms with Crippen LogP contribution in [0.25, 0.3) is 0 Å². The van der Waals surface area contributed by atoms with Crippen LogP contribution in [0.4, 0.5) is 18.0 Å². The number of hydrogen-bond donors (Lipinski definition) is 2. The Hall–Kier alpha value is -2.30. The van der Waals surface area contributed by atoms with Crippen molar-refractivity contribution in [2.45, 2.75) is 84.3 Å². The maximum atomic E-state index is 13.8. The molecule has 1 heterocycles. The number of likely N-dealkylation sites (tertiary alicyclic amines) is 1. The third-order valence-electron chi connectivity index (χ3n) is 5.43. The number of nitrogens with zero attached hydrogens (tertiary/aromatic N) is 1. The zero-order valence-corrected chi connectivity index (χ0v) is 22.3. The van der Waals surface area contributed by atoms with E-state index in [1.165, 1.54) is 29.2 Å². The average Bonchev–Trinajstić information content (AvgIpc) is 3.17. The second-order valence-electron chi connectivity index (χ2n) is 10.7. The van der Waals surface area contributed by atoms with Gasteiger partial charge < -0.3 is 20.3 Å². The van der Waals surface area contributed by atoms with Crippen molar-refractivity contribution in [2.24, 2.45) is 5.41 Å². The van der Waals surface area contributed by atoms with Gasteiger partial charge in [-0.2, -0.15) is 13.2 Å². The minimum Gasteiger partial charge on any atom is -0.444 e. The molecule has 2 N–H and O–H groups in total. The van der Waals surface area contributed by atoms with Crippen LogP contribution in [0.15, 0.2) is 28.7 Å². The summed E-state index contributed by atoms with van der Waals surface area (Å²) in [5, 5.41) is 4.66. The highest BCUT2D eigenvalue weighted by Gasteiger charge is 2.46. The largest absolute Gasteiger partial charge is 0.444 e. The lowest BCUT2D eigenvalue weighted by Gasteiger charge is -2.36. The van der Waals surface area contributed by atoms with Crippen LogP contribution in [0.2, 0.25) is 0 Å². The molecule has 1 aliphatic rings. The van der Waals surface area contributed by atoms with E-state index in [0.29, 0.717) is 10.9 Å². The number of ether oxygens (including phenoxy) is 1. The molecule has 0 unspecified atom stereocenters. The summed E-state index contributed by atoms with van der Waals surface area (Å²) in [6.45, 7) is 10.5. The summed E-state index contributed by atoms with van der Waals surface area (Å²) in [5.74, 6) is -1.45. The number of benzene rings is 1. The lowest BCUT2D eigenvalue weighted by atomic mass is 9.85. The number of carbonyl (C=O) groups excluding carboxylic acids is 3. The van der Waals surface area contributed by atoms with E-state index in [2.05, 4.69) is 26.6 Å². The number of alkyl carbamates (subject to hydrolysis) is 1. The van der Waals surface area contributed by atoms with Gasteiger partial charge in [-0.05, 0) is 56.7 Å². The Labute approximate surface area is 212 Å². The lowest BCUT2D eigenvalue weighted by molar-refractivity contribution is -0.165. The highest BCUT2D eigenvalue weighted by atomic mass is 79.9. The zero-order chi connectivity index (χ0) is 26.8. The Morgan fingerprint density at radius 1 is 1.03 bits per heavy atom. The highest BCUT2D eigenvalue weighted by molar-refractivity contribution is 9.10. The van der Waals surface area contributed by atoms with Crippen LogP contribution in [-0.4, -0.2) is 53.2 Å². The number of hydrogen-bond acceptors (Lipinski definition) is 4. The van der Waals surface area contributed by atoms with Crippen molar-refractivity contribution in [2.75, 3.05) is 6.54 Å². The molecule has 1 fully saturated rings. The van der Waals surface area contributed by atoms with Crippen molar-refractivity contribution in [3.05, 3.63) is 34.3 Å². The van der Waals surface area contributed by atoms with Gasteiger partial charge in [-0.25, -0.2) is 4.79 Å². The van der Waals surface area contributed by atoms with Crippen molar-refractivity contribution in [3.8, 4) is 0 Å². The summed E-state index contributed by atoms with van der Waals surface area (Å²) < 4.78 is 47.3. The summed E-state index contributed by atoms with van der Waals surface area (Å²) in [6, 6.07) is 1.12. The molecule has 1 saturated heterocycles. The van der Waals surface area contributed by atoms with Gasteiger partial charge in [-0.1, -0.05) is 48.8 Å². The summed E-state index contributed by atoms with van der Waals surface area (Å²) in [7, 11) is 0. The third kappa shape index (κ3) is 8.12. The van der Waals surface area contributed by atoms with Crippen LogP contribution in [0, 0.1) is 5.41 Å². The average molecular weight is 564 g/mol. The summed E-state index contributed by atoms with van der Waals surface area (Å²) in [6.07, 6.45) is -4.87. The van der Waals surface area contributed by atoms with Gasteiger partial charge in [0.1, 0.15) is 17.7 Å². The molecule has 0 bridgehead atoms. The van der Waals surface area contributed by atoms with Crippen molar-refractivity contribution < 1.29 is 32.3 Å². The van der Waals surface area contributed by atoms with Gasteiger partial charge in [0.15, 0.2) is 6.04 Å². The van der Waals surface area contributed by atoms with Crippen LogP contribution in [-0.2, 0) is 14.3 Å². The second kappa shape index (κ2) is 10.8. The van der Waals surface area contributed by atoms with Gasteiger partial charge in [0.05, 0.1) is 0 Å². The molecule has 1 aromatic carbocycles. The standard InChI is InChI=1S/C24H33BrF3N3O4/c1-22(2,3)18(30-21(34)35-23(4,5)6)20(33)31-13-7-8-16(31)19(32)29-17(24(26,27)28)14-9-11-15(25)12-10-14/h9-12,16-18H,7-8,13H2,1-6H3,(H,29,32)(H,30,34)/t16-,17+,18+/m0/s1. The topological polar surface area (TPSA) is 87.7 Å². The van der Waals surface area contributed by atoms with Gasteiger partial charge in [0.25, 0.3) is 0 Å². The smallest absolute Gasteiger partial charge is 0.412 e. The molecule has 0 spiro atoms. The molecule has 35 heavy (non-hydrogen) atoms. The number of alkyl halides is 3. The number of amides is 3. The first-order chi connectivity index (χ1) is 15.9. The van der Waals surface area contributed by atoms with Gasteiger partial charge >= 0.3 is 12.3 Å². The van der Waals surface area contributed by atoms with Crippen molar-refractivity contribution in [3.63, 3.8) is 0 Å². The van der Waals surface area contributed by atoms with Crippen molar-refractivity contribution in [1.82, 2.24) is 15.5 Å². The van der Waals surface area contributed by atoms with Crippen LogP contribution >= 0.6 is 15.9 Å². The molecule has 196 valence electrons. The summed E-state index contributed by atoms with van der Waals surface area (Å²) in [4.78, 5) is 40.1. The predicted octanol–water partition coefficient (Wildman–Crippen LogP) is 5.10. The van der Waals surface area contributed by atoms with Crippen molar-refractivity contribution >= 4 is 33.8 Å². The van der Waals surface area contributed by atoms with E-state index in [1.807, 2.05) is 0 Å². The van der Waals surface area contributed by atoms with E-state index in [0.717, 1.165) is 0 Å². The quantitative estimate of drug-likeness (QED) is 0.521. The molecule has 11 heteroatoms. The molecule has 2 rings (SSSR count). The summed E-state index contributed by atoms with van der Waals surface area (Å²) in [5.41, 5.74) is -1.65. The Kier molecular flexibility index (Phi) is 8.89. The van der Waals surface area contributed by atoms with Crippen LogP contribution < -0.4 is 10.6 Å². The Morgan fingerprint density at radius 2 is 1.60 bits per heavy atom. The van der Waals surface area contributed by atoms with Crippen LogP contribution in [0.5, 0.6) is 0 Å². The monoisotopic (exact) mass is 563 g/mol. The molecule has 0 aromatic heterocycles. The fourth-order valence-electron chi connectivity index (χ4n) is 3.79. The Morgan fingerprint density at radius 3 is 2.09 bits per heavy atom. The third-order valence-corrected chi connectivity index (χ3v) is 5.96. The van der Waals surface area contributed by atoms with Gasteiger partial charge in [-0.3, -0.25) is 9.59 Å². The second-order valence-corrected chi connectivity index (χ2v) is 11.6. The van der Waals surface area contributed by atoms with Gasteiger partial charge in [0.2, 0.25) is 11.8 Å². The lowest BCUT2D eigenvalue weighted by Crippen LogP contribution is -2.58. The van der Waals surface area contributed by atoms with E-state index < -0.39 is 53.2 Å². The minimum atomic E-state index is -4.73. The predicted molar refractivity (Wildman–Crippen MR) is 128 cm³/mol. The van der Waals surface area contributed by atoms with E-state index in [9.17, 15) is 27.6 Å². The highest BCUT2D eigenvalue weighted by Crippen LogP contribution is 2.34.